The highest BCUT2D eigenvalue weighted by Crippen LogP contribution is 2.24. The van der Waals surface area contributed by atoms with Crippen molar-refractivity contribution in [1.82, 2.24) is 20.2 Å². The molecule has 112 valence electrons. The maximum atomic E-state index is 5.79. The Bertz CT molecular complexity index is 734. The van der Waals surface area contributed by atoms with Gasteiger partial charge in [-0.2, -0.15) is 4.80 Å². The normalized spacial score (nSPS) is 10.6. The average Bonchev–Trinajstić information content (AvgIpc) is 2.99. The number of aryl methyl sites for hydroxylation is 1. The highest BCUT2D eigenvalue weighted by molar-refractivity contribution is 5.55. The molecule has 2 N–H and O–H groups in total. The third-order valence-corrected chi connectivity index (χ3v) is 3.15. The fourth-order valence-corrected chi connectivity index (χ4v) is 1.98. The molecule has 0 saturated carbocycles. The van der Waals surface area contributed by atoms with Gasteiger partial charge in [-0.3, -0.25) is 0 Å². The molecular formula is C16H17N5O. The van der Waals surface area contributed by atoms with Gasteiger partial charge in [0.2, 0.25) is 5.82 Å². The van der Waals surface area contributed by atoms with Crippen molar-refractivity contribution in [2.24, 2.45) is 5.73 Å². The van der Waals surface area contributed by atoms with E-state index in [-0.39, 0.29) is 0 Å². The van der Waals surface area contributed by atoms with Crippen LogP contribution in [0.3, 0.4) is 0 Å². The van der Waals surface area contributed by atoms with E-state index in [0.29, 0.717) is 18.9 Å². The van der Waals surface area contributed by atoms with Crippen molar-refractivity contribution in [3.63, 3.8) is 0 Å². The molecule has 0 saturated heterocycles. The highest BCUT2D eigenvalue weighted by Gasteiger charge is 2.06. The number of nitrogens with zero attached hydrogens (tertiary/aromatic N) is 4. The second-order valence-electron chi connectivity index (χ2n) is 4.94. The van der Waals surface area contributed by atoms with Gasteiger partial charge in [-0.05, 0) is 48.5 Å². The molecule has 1 aromatic heterocycles. The molecule has 6 heteroatoms. The second kappa shape index (κ2) is 6.36. The predicted molar refractivity (Wildman–Crippen MR) is 83.6 cm³/mol. The van der Waals surface area contributed by atoms with Crippen molar-refractivity contribution in [2.75, 3.05) is 6.54 Å². The Hall–Kier alpha value is -2.73. The van der Waals surface area contributed by atoms with Crippen LogP contribution in [0.1, 0.15) is 5.56 Å². The zero-order chi connectivity index (χ0) is 15.4. The molecule has 0 spiro atoms. The van der Waals surface area contributed by atoms with Gasteiger partial charge in [0.25, 0.3) is 0 Å². The van der Waals surface area contributed by atoms with Crippen LogP contribution in [0.15, 0.2) is 48.5 Å². The number of aromatic nitrogens is 4. The minimum absolute atomic E-state index is 0.485. The molecule has 22 heavy (non-hydrogen) atoms. The number of nitrogens with two attached hydrogens (primary N) is 1. The average molecular weight is 295 g/mol. The minimum atomic E-state index is 0.485. The quantitative estimate of drug-likeness (QED) is 0.782. The third-order valence-electron chi connectivity index (χ3n) is 3.15. The number of hydrogen-bond acceptors (Lipinski definition) is 5. The van der Waals surface area contributed by atoms with E-state index in [2.05, 4.69) is 15.4 Å². The van der Waals surface area contributed by atoms with Gasteiger partial charge < -0.3 is 10.5 Å². The van der Waals surface area contributed by atoms with Gasteiger partial charge in [0.15, 0.2) is 0 Å². The molecule has 0 bridgehead atoms. The fourth-order valence-electron chi connectivity index (χ4n) is 1.98. The van der Waals surface area contributed by atoms with E-state index in [1.807, 2.05) is 55.5 Å². The van der Waals surface area contributed by atoms with Crippen LogP contribution >= 0.6 is 0 Å². The van der Waals surface area contributed by atoms with E-state index in [1.54, 1.807) is 0 Å². The van der Waals surface area contributed by atoms with Gasteiger partial charge in [0.1, 0.15) is 11.5 Å². The van der Waals surface area contributed by atoms with E-state index in [9.17, 15) is 0 Å². The fraction of sp³-hybridized carbons (Fsp3) is 0.188. The van der Waals surface area contributed by atoms with Crippen LogP contribution in [0.5, 0.6) is 11.5 Å². The molecule has 0 amide bonds. The van der Waals surface area contributed by atoms with E-state index >= 15 is 0 Å². The van der Waals surface area contributed by atoms with E-state index in [0.717, 1.165) is 17.1 Å². The maximum Gasteiger partial charge on any atom is 0.204 e. The van der Waals surface area contributed by atoms with Crippen molar-refractivity contribution in [3.8, 4) is 22.9 Å². The van der Waals surface area contributed by atoms with Crippen molar-refractivity contribution >= 4 is 0 Å². The van der Waals surface area contributed by atoms with Crippen molar-refractivity contribution < 1.29 is 4.74 Å². The Morgan fingerprint density at radius 3 is 2.27 bits per heavy atom. The van der Waals surface area contributed by atoms with Crippen molar-refractivity contribution in [1.29, 1.82) is 0 Å². The lowest BCUT2D eigenvalue weighted by atomic mass is 10.2. The van der Waals surface area contributed by atoms with Crippen LogP contribution in [0.2, 0.25) is 0 Å². The molecule has 0 fully saturated rings. The Kier molecular flexibility index (Phi) is 4.11. The summed E-state index contributed by atoms with van der Waals surface area (Å²) in [6.07, 6.45) is 0. The number of rotatable bonds is 5. The van der Waals surface area contributed by atoms with Crippen LogP contribution in [-0.4, -0.2) is 26.8 Å². The van der Waals surface area contributed by atoms with Crippen LogP contribution in [0.25, 0.3) is 11.4 Å². The summed E-state index contributed by atoms with van der Waals surface area (Å²) >= 11 is 0. The van der Waals surface area contributed by atoms with E-state index in [1.165, 1.54) is 10.4 Å². The molecule has 0 aliphatic heterocycles. The minimum Gasteiger partial charge on any atom is -0.457 e. The number of ether oxygens (including phenoxy) is 1. The SMILES string of the molecule is Cc1ccc(Oc2ccc(-c3nnn(CCN)n3)cc2)cc1. The molecule has 0 radical (unpaired) electrons. The zero-order valence-corrected chi connectivity index (χ0v) is 12.3. The largest absolute Gasteiger partial charge is 0.457 e. The Labute approximate surface area is 128 Å². The zero-order valence-electron chi connectivity index (χ0n) is 12.3. The first kappa shape index (κ1) is 14.2. The standard InChI is InChI=1S/C16H17N5O/c1-12-2-6-14(7-3-12)22-15-8-4-13(5-9-15)16-18-20-21(19-16)11-10-17/h2-9H,10-11,17H2,1H3. The molecule has 0 atom stereocenters. The number of tetrazole rings is 1. The first-order valence-corrected chi connectivity index (χ1v) is 7.07. The Morgan fingerprint density at radius 2 is 1.64 bits per heavy atom. The second-order valence-corrected chi connectivity index (χ2v) is 4.94. The molecular weight excluding hydrogens is 278 g/mol. The Balaban J connectivity index is 1.72. The first-order valence-electron chi connectivity index (χ1n) is 7.07. The van der Waals surface area contributed by atoms with Crippen molar-refractivity contribution in [3.05, 3.63) is 54.1 Å². The third kappa shape index (κ3) is 3.29. The van der Waals surface area contributed by atoms with Gasteiger partial charge in [-0.25, -0.2) is 0 Å². The van der Waals surface area contributed by atoms with Gasteiger partial charge in [-0.1, -0.05) is 17.7 Å². The summed E-state index contributed by atoms with van der Waals surface area (Å²) in [4.78, 5) is 1.49. The monoisotopic (exact) mass is 295 g/mol. The molecule has 6 nitrogen and oxygen atoms in total. The van der Waals surface area contributed by atoms with Crippen LogP contribution in [0.4, 0.5) is 0 Å². The lowest BCUT2D eigenvalue weighted by Gasteiger charge is -2.06. The molecule has 2 aromatic carbocycles. The highest BCUT2D eigenvalue weighted by atomic mass is 16.5. The summed E-state index contributed by atoms with van der Waals surface area (Å²) in [5, 5.41) is 12.2. The van der Waals surface area contributed by atoms with Gasteiger partial charge in [0.05, 0.1) is 6.54 Å². The number of benzene rings is 2. The van der Waals surface area contributed by atoms with E-state index in [4.69, 9.17) is 10.5 Å². The van der Waals surface area contributed by atoms with E-state index < -0.39 is 0 Å². The van der Waals surface area contributed by atoms with Gasteiger partial charge in [0, 0.05) is 12.1 Å². The van der Waals surface area contributed by atoms with Gasteiger partial charge >= 0.3 is 0 Å². The molecule has 0 unspecified atom stereocenters. The summed E-state index contributed by atoms with van der Waals surface area (Å²) < 4.78 is 5.79. The smallest absolute Gasteiger partial charge is 0.204 e. The summed E-state index contributed by atoms with van der Waals surface area (Å²) in [6, 6.07) is 15.5. The predicted octanol–water partition coefficient (Wildman–Crippen LogP) is 2.40. The van der Waals surface area contributed by atoms with Crippen LogP contribution in [-0.2, 0) is 6.54 Å². The molecule has 1 heterocycles. The van der Waals surface area contributed by atoms with Crippen LogP contribution in [0, 0.1) is 6.92 Å². The molecule has 3 aromatic rings. The first-order chi connectivity index (χ1) is 10.7. The summed E-state index contributed by atoms with van der Waals surface area (Å²) in [7, 11) is 0. The molecule has 0 aliphatic rings. The maximum absolute atomic E-state index is 5.79. The topological polar surface area (TPSA) is 78.9 Å². The van der Waals surface area contributed by atoms with Crippen molar-refractivity contribution in [2.45, 2.75) is 13.5 Å². The summed E-state index contributed by atoms with van der Waals surface area (Å²) in [6.45, 7) is 3.09. The lowest BCUT2D eigenvalue weighted by molar-refractivity contribution is 0.482. The summed E-state index contributed by atoms with van der Waals surface area (Å²) in [5.41, 5.74) is 7.56. The number of hydrogen-bond donors (Lipinski definition) is 1. The van der Waals surface area contributed by atoms with Crippen LogP contribution < -0.4 is 10.5 Å². The molecule has 0 aliphatic carbocycles. The molecule has 3 rings (SSSR count). The summed E-state index contributed by atoms with van der Waals surface area (Å²) in [5.74, 6) is 2.16. The Morgan fingerprint density at radius 1 is 1.00 bits per heavy atom. The lowest BCUT2D eigenvalue weighted by Crippen LogP contribution is -2.12. The van der Waals surface area contributed by atoms with Gasteiger partial charge in [-0.15, -0.1) is 10.2 Å².